The summed E-state index contributed by atoms with van der Waals surface area (Å²) in [5, 5.41) is 8.90. The van der Waals surface area contributed by atoms with E-state index in [9.17, 15) is 0 Å². The predicted molar refractivity (Wildman–Crippen MR) is 80.6 cm³/mol. The molecule has 1 atom stereocenters. The summed E-state index contributed by atoms with van der Waals surface area (Å²) in [6.45, 7) is 10.6. The fourth-order valence-electron chi connectivity index (χ4n) is 3.63. The van der Waals surface area contributed by atoms with Gasteiger partial charge in [-0.2, -0.15) is 0 Å². The van der Waals surface area contributed by atoms with Crippen molar-refractivity contribution >= 4 is 0 Å². The zero-order valence-electron chi connectivity index (χ0n) is 13.2. The maximum atomic E-state index is 4.48. The lowest BCUT2D eigenvalue weighted by Gasteiger charge is -2.34. The van der Waals surface area contributed by atoms with E-state index in [1.807, 2.05) is 0 Å². The summed E-state index contributed by atoms with van der Waals surface area (Å²) in [4.78, 5) is 2.59. The summed E-state index contributed by atoms with van der Waals surface area (Å²) in [5.74, 6) is 4.04. The highest BCUT2D eigenvalue weighted by Gasteiger charge is 2.25. The minimum atomic E-state index is 0.693. The summed E-state index contributed by atoms with van der Waals surface area (Å²) in [7, 11) is 0. The molecule has 2 aliphatic heterocycles. The number of nitrogens with zero attached hydrogens (tertiary/aromatic N) is 4. The van der Waals surface area contributed by atoms with E-state index in [0.29, 0.717) is 6.04 Å². The highest BCUT2D eigenvalue weighted by atomic mass is 15.3. The van der Waals surface area contributed by atoms with Crippen LogP contribution in [-0.2, 0) is 19.4 Å². The molecule has 0 amide bonds. The third-order valence-corrected chi connectivity index (χ3v) is 5.13. The first-order valence-corrected chi connectivity index (χ1v) is 8.28. The Kier molecular flexibility index (Phi) is 4.11. The number of piperidine rings is 1. The molecule has 1 unspecified atom stereocenters. The van der Waals surface area contributed by atoms with Crippen molar-refractivity contribution in [3.63, 3.8) is 0 Å². The number of hydrogen-bond acceptors (Lipinski definition) is 3. The molecule has 0 saturated carbocycles. The van der Waals surface area contributed by atoms with Crippen LogP contribution < -0.4 is 0 Å². The van der Waals surface area contributed by atoms with Crippen molar-refractivity contribution in [2.24, 2.45) is 11.8 Å². The quantitative estimate of drug-likeness (QED) is 0.850. The third-order valence-electron chi connectivity index (χ3n) is 5.13. The number of aromatic nitrogens is 3. The van der Waals surface area contributed by atoms with E-state index < -0.39 is 0 Å². The van der Waals surface area contributed by atoms with E-state index >= 15 is 0 Å². The van der Waals surface area contributed by atoms with Gasteiger partial charge in [-0.15, -0.1) is 10.2 Å². The standard InChI is InChI=1S/C16H28N4/c1-12(2)19-7-5-14(6-8-19)11-16-18-17-15-10-13(3)4-9-20(15)16/h12-14H,4-11H2,1-3H3. The molecule has 4 heteroatoms. The number of hydrogen-bond donors (Lipinski definition) is 0. The van der Waals surface area contributed by atoms with Crippen LogP contribution in [0.3, 0.4) is 0 Å². The molecular weight excluding hydrogens is 248 g/mol. The second-order valence-electron chi connectivity index (χ2n) is 7.06. The van der Waals surface area contributed by atoms with Crippen LogP contribution in [-0.4, -0.2) is 38.8 Å². The molecule has 2 aliphatic rings. The average molecular weight is 276 g/mol. The van der Waals surface area contributed by atoms with Gasteiger partial charge in [-0.05, 0) is 58.0 Å². The summed E-state index contributed by atoms with van der Waals surface area (Å²) >= 11 is 0. The van der Waals surface area contributed by atoms with E-state index in [4.69, 9.17) is 0 Å². The van der Waals surface area contributed by atoms with E-state index in [2.05, 4.69) is 40.4 Å². The third kappa shape index (κ3) is 2.90. The normalized spacial score (nSPS) is 25.1. The Balaban J connectivity index is 1.60. The van der Waals surface area contributed by atoms with Gasteiger partial charge in [0, 0.05) is 25.4 Å². The lowest BCUT2D eigenvalue weighted by Crippen LogP contribution is -2.39. The van der Waals surface area contributed by atoms with Crippen molar-refractivity contribution in [1.82, 2.24) is 19.7 Å². The maximum Gasteiger partial charge on any atom is 0.133 e. The SMILES string of the molecule is CC1CCn2c(nnc2CC2CCN(C(C)C)CC2)C1. The van der Waals surface area contributed by atoms with Crippen LogP contribution in [0.1, 0.15) is 51.7 Å². The highest BCUT2D eigenvalue weighted by Crippen LogP contribution is 2.25. The first-order valence-electron chi connectivity index (χ1n) is 8.28. The van der Waals surface area contributed by atoms with Crippen LogP contribution >= 0.6 is 0 Å². The van der Waals surface area contributed by atoms with E-state index in [1.165, 1.54) is 44.0 Å². The van der Waals surface area contributed by atoms with Gasteiger partial charge >= 0.3 is 0 Å². The Labute approximate surface area is 122 Å². The molecule has 3 rings (SSSR count). The van der Waals surface area contributed by atoms with Crippen LogP contribution in [0.4, 0.5) is 0 Å². The summed E-state index contributed by atoms with van der Waals surface area (Å²) in [5.41, 5.74) is 0. The lowest BCUT2D eigenvalue weighted by atomic mass is 9.92. The van der Waals surface area contributed by atoms with Crippen LogP contribution in [0, 0.1) is 11.8 Å². The molecule has 0 spiro atoms. The van der Waals surface area contributed by atoms with E-state index in [1.54, 1.807) is 0 Å². The van der Waals surface area contributed by atoms with Crippen LogP contribution in [0.2, 0.25) is 0 Å². The van der Waals surface area contributed by atoms with Gasteiger partial charge in [-0.1, -0.05) is 6.92 Å². The fraction of sp³-hybridized carbons (Fsp3) is 0.875. The number of rotatable bonds is 3. The van der Waals surface area contributed by atoms with Crippen molar-refractivity contribution in [3.8, 4) is 0 Å². The smallest absolute Gasteiger partial charge is 0.133 e. The molecular formula is C16H28N4. The minimum absolute atomic E-state index is 0.693. The second-order valence-corrected chi connectivity index (χ2v) is 7.06. The molecule has 112 valence electrons. The predicted octanol–water partition coefficient (Wildman–Crippen LogP) is 2.52. The molecule has 1 fully saturated rings. The minimum Gasteiger partial charge on any atom is -0.315 e. The fourth-order valence-corrected chi connectivity index (χ4v) is 3.63. The van der Waals surface area contributed by atoms with Crippen molar-refractivity contribution in [2.75, 3.05) is 13.1 Å². The van der Waals surface area contributed by atoms with Crippen molar-refractivity contribution in [2.45, 2.75) is 65.5 Å². The van der Waals surface area contributed by atoms with Gasteiger partial charge in [0.1, 0.15) is 11.6 Å². The Bertz CT molecular complexity index is 443. The maximum absolute atomic E-state index is 4.48. The zero-order valence-corrected chi connectivity index (χ0v) is 13.2. The average Bonchev–Trinajstić information content (AvgIpc) is 2.81. The highest BCUT2D eigenvalue weighted by molar-refractivity contribution is 5.01. The number of fused-ring (bicyclic) bond motifs is 1. The molecule has 0 bridgehead atoms. The first kappa shape index (κ1) is 14.1. The van der Waals surface area contributed by atoms with Crippen LogP contribution in [0.5, 0.6) is 0 Å². The molecule has 0 aromatic carbocycles. The second kappa shape index (κ2) is 5.84. The van der Waals surface area contributed by atoms with E-state index in [0.717, 1.165) is 31.2 Å². The van der Waals surface area contributed by atoms with Crippen molar-refractivity contribution < 1.29 is 0 Å². The molecule has 1 saturated heterocycles. The molecule has 1 aromatic rings. The van der Waals surface area contributed by atoms with Gasteiger partial charge in [-0.25, -0.2) is 0 Å². The monoisotopic (exact) mass is 276 g/mol. The van der Waals surface area contributed by atoms with Gasteiger partial charge in [0.2, 0.25) is 0 Å². The molecule has 3 heterocycles. The Morgan fingerprint density at radius 3 is 2.55 bits per heavy atom. The van der Waals surface area contributed by atoms with Gasteiger partial charge in [0.25, 0.3) is 0 Å². The summed E-state index contributed by atoms with van der Waals surface area (Å²) in [6, 6.07) is 0.693. The largest absolute Gasteiger partial charge is 0.315 e. The van der Waals surface area contributed by atoms with Gasteiger partial charge in [0.15, 0.2) is 0 Å². The summed E-state index contributed by atoms with van der Waals surface area (Å²) < 4.78 is 2.40. The van der Waals surface area contributed by atoms with Gasteiger partial charge in [0.05, 0.1) is 0 Å². The topological polar surface area (TPSA) is 34.0 Å². The van der Waals surface area contributed by atoms with Crippen molar-refractivity contribution in [1.29, 1.82) is 0 Å². The number of likely N-dealkylation sites (tertiary alicyclic amines) is 1. The van der Waals surface area contributed by atoms with Crippen LogP contribution in [0.25, 0.3) is 0 Å². The van der Waals surface area contributed by atoms with E-state index in [-0.39, 0.29) is 0 Å². The summed E-state index contributed by atoms with van der Waals surface area (Å²) in [6.07, 6.45) is 6.16. The lowest BCUT2D eigenvalue weighted by molar-refractivity contribution is 0.148. The molecule has 0 N–H and O–H groups in total. The Morgan fingerprint density at radius 1 is 1.10 bits per heavy atom. The zero-order chi connectivity index (χ0) is 14.1. The molecule has 0 aliphatic carbocycles. The molecule has 4 nitrogen and oxygen atoms in total. The van der Waals surface area contributed by atoms with Gasteiger partial charge < -0.3 is 9.47 Å². The van der Waals surface area contributed by atoms with Crippen LogP contribution in [0.15, 0.2) is 0 Å². The Hall–Kier alpha value is -0.900. The molecule has 20 heavy (non-hydrogen) atoms. The Morgan fingerprint density at radius 2 is 1.85 bits per heavy atom. The first-order chi connectivity index (χ1) is 9.63. The molecule has 0 radical (unpaired) electrons. The molecule has 1 aromatic heterocycles. The van der Waals surface area contributed by atoms with Gasteiger partial charge in [-0.3, -0.25) is 0 Å². The van der Waals surface area contributed by atoms with Crippen molar-refractivity contribution in [3.05, 3.63) is 11.6 Å².